The summed E-state index contributed by atoms with van der Waals surface area (Å²) in [5.74, 6) is 0.708. The minimum absolute atomic E-state index is 0.708. The van der Waals surface area contributed by atoms with Crippen molar-refractivity contribution in [1.29, 1.82) is 0 Å². The molecule has 1 fully saturated rings. The first-order chi connectivity index (χ1) is 9.88. The van der Waals surface area contributed by atoms with Gasteiger partial charge in [0.15, 0.2) is 0 Å². The third-order valence-electron chi connectivity index (χ3n) is 4.33. The van der Waals surface area contributed by atoms with Crippen molar-refractivity contribution < 1.29 is 0 Å². The Balaban J connectivity index is 1.86. The van der Waals surface area contributed by atoms with Crippen molar-refractivity contribution in [3.05, 3.63) is 42.1 Å². The fraction of sp³-hybridized carbons (Fsp3) is 0.471. The molecule has 20 heavy (non-hydrogen) atoms. The average molecular weight is 289 g/mol. The number of rotatable bonds is 5. The van der Waals surface area contributed by atoms with Gasteiger partial charge in [0.2, 0.25) is 0 Å². The third-order valence-corrected chi connectivity index (χ3v) is 4.49. The summed E-state index contributed by atoms with van der Waals surface area (Å²) in [4.78, 5) is 7.01. The van der Waals surface area contributed by atoms with E-state index in [0.29, 0.717) is 11.9 Å². The zero-order valence-electron chi connectivity index (χ0n) is 11.8. The van der Waals surface area contributed by atoms with Gasteiger partial charge in [-0.25, -0.2) is 0 Å². The van der Waals surface area contributed by atoms with Gasteiger partial charge in [0.1, 0.15) is 0 Å². The topological polar surface area (TPSA) is 16.1 Å². The molecular weight excluding hydrogens is 268 g/mol. The van der Waals surface area contributed by atoms with Crippen molar-refractivity contribution in [3.8, 4) is 0 Å². The standard InChI is InChI=1S/C17H21ClN2/c18-10-12-20(15-5-1-2-6-15)13-14-9-11-19-17-8-4-3-7-16(14)17/h3-4,7-9,11,15H,1-2,5-6,10,12-13H2. The molecule has 1 aliphatic rings. The number of nitrogens with zero attached hydrogens (tertiary/aromatic N) is 2. The molecule has 0 amide bonds. The van der Waals surface area contributed by atoms with Gasteiger partial charge in [0.05, 0.1) is 5.52 Å². The molecule has 0 atom stereocenters. The van der Waals surface area contributed by atoms with Crippen LogP contribution < -0.4 is 0 Å². The Kier molecular flexibility index (Phi) is 4.54. The number of pyridine rings is 1. The van der Waals surface area contributed by atoms with E-state index in [1.54, 1.807) is 0 Å². The summed E-state index contributed by atoms with van der Waals surface area (Å²) >= 11 is 6.01. The number of benzene rings is 1. The van der Waals surface area contributed by atoms with Crippen LogP contribution in [0, 0.1) is 0 Å². The second-order valence-corrected chi connectivity index (χ2v) is 5.96. The van der Waals surface area contributed by atoms with Gasteiger partial charge in [0.25, 0.3) is 0 Å². The lowest BCUT2D eigenvalue weighted by Crippen LogP contribution is -2.34. The molecule has 1 aromatic heterocycles. The summed E-state index contributed by atoms with van der Waals surface area (Å²) in [6.07, 6.45) is 7.28. The lowest BCUT2D eigenvalue weighted by molar-refractivity contribution is 0.202. The number of alkyl halides is 1. The molecular formula is C17H21ClN2. The molecule has 0 aliphatic heterocycles. The summed E-state index contributed by atoms with van der Waals surface area (Å²) in [5.41, 5.74) is 2.45. The second kappa shape index (κ2) is 6.55. The highest BCUT2D eigenvalue weighted by molar-refractivity contribution is 6.18. The Labute approximate surface area is 125 Å². The molecule has 0 N–H and O–H groups in total. The van der Waals surface area contributed by atoms with E-state index in [1.807, 2.05) is 12.3 Å². The molecule has 0 spiro atoms. The molecule has 1 heterocycles. The summed E-state index contributed by atoms with van der Waals surface area (Å²) in [7, 11) is 0. The van der Waals surface area contributed by atoms with E-state index in [2.05, 4.69) is 34.1 Å². The Morgan fingerprint density at radius 2 is 1.95 bits per heavy atom. The van der Waals surface area contributed by atoms with Crippen LogP contribution >= 0.6 is 11.6 Å². The van der Waals surface area contributed by atoms with Gasteiger partial charge >= 0.3 is 0 Å². The van der Waals surface area contributed by atoms with Crippen LogP contribution in [0.25, 0.3) is 10.9 Å². The monoisotopic (exact) mass is 288 g/mol. The van der Waals surface area contributed by atoms with E-state index in [9.17, 15) is 0 Å². The van der Waals surface area contributed by atoms with Gasteiger partial charge in [-0.1, -0.05) is 31.0 Å². The van der Waals surface area contributed by atoms with Crippen LogP contribution in [0.2, 0.25) is 0 Å². The van der Waals surface area contributed by atoms with Crippen LogP contribution in [0.3, 0.4) is 0 Å². The van der Waals surface area contributed by atoms with Crippen molar-refractivity contribution in [3.63, 3.8) is 0 Å². The molecule has 3 rings (SSSR count). The normalized spacial score (nSPS) is 16.3. The molecule has 1 aromatic carbocycles. The van der Waals surface area contributed by atoms with Gasteiger partial charge < -0.3 is 0 Å². The van der Waals surface area contributed by atoms with Crippen LogP contribution in [0.4, 0.5) is 0 Å². The van der Waals surface area contributed by atoms with Crippen molar-refractivity contribution in [2.75, 3.05) is 12.4 Å². The van der Waals surface area contributed by atoms with E-state index >= 15 is 0 Å². The van der Waals surface area contributed by atoms with Gasteiger partial charge in [-0.3, -0.25) is 9.88 Å². The lowest BCUT2D eigenvalue weighted by Gasteiger charge is -2.28. The highest BCUT2D eigenvalue weighted by Gasteiger charge is 2.22. The molecule has 2 aromatic rings. The molecule has 1 saturated carbocycles. The van der Waals surface area contributed by atoms with Crippen molar-refractivity contribution in [2.24, 2.45) is 0 Å². The first-order valence-electron chi connectivity index (χ1n) is 7.51. The smallest absolute Gasteiger partial charge is 0.0705 e. The molecule has 3 heteroatoms. The predicted molar refractivity (Wildman–Crippen MR) is 85.1 cm³/mol. The molecule has 0 radical (unpaired) electrons. The molecule has 0 bridgehead atoms. The van der Waals surface area contributed by atoms with Crippen molar-refractivity contribution in [2.45, 2.75) is 38.3 Å². The largest absolute Gasteiger partial charge is 0.295 e. The lowest BCUT2D eigenvalue weighted by atomic mass is 10.1. The Morgan fingerprint density at radius 1 is 1.15 bits per heavy atom. The van der Waals surface area contributed by atoms with Crippen molar-refractivity contribution >= 4 is 22.5 Å². The SMILES string of the molecule is ClCCN(Cc1ccnc2ccccc12)C1CCCC1. The minimum Gasteiger partial charge on any atom is -0.295 e. The van der Waals surface area contributed by atoms with Crippen LogP contribution in [-0.2, 0) is 6.54 Å². The summed E-state index contributed by atoms with van der Waals surface area (Å²) in [6, 6.07) is 11.3. The summed E-state index contributed by atoms with van der Waals surface area (Å²) in [5, 5.41) is 1.27. The number of halogens is 1. The first kappa shape index (κ1) is 13.8. The van der Waals surface area contributed by atoms with Crippen LogP contribution in [-0.4, -0.2) is 28.4 Å². The molecule has 0 unspecified atom stereocenters. The second-order valence-electron chi connectivity index (χ2n) is 5.58. The quantitative estimate of drug-likeness (QED) is 0.766. The fourth-order valence-electron chi connectivity index (χ4n) is 3.28. The highest BCUT2D eigenvalue weighted by atomic mass is 35.5. The van der Waals surface area contributed by atoms with Gasteiger partial charge in [-0.15, -0.1) is 11.6 Å². The van der Waals surface area contributed by atoms with Gasteiger partial charge in [-0.2, -0.15) is 0 Å². The maximum atomic E-state index is 6.01. The minimum atomic E-state index is 0.708. The predicted octanol–water partition coefficient (Wildman–Crippen LogP) is 4.22. The molecule has 106 valence electrons. The number of fused-ring (bicyclic) bond motifs is 1. The van der Waals surface area contributed by atoms with Crippen LogP contribution in [0.5, 0.6) is 0 Å². The van der Waals surface area contributed by atoms with Crippen LogP contribution in [0.1, 0.15) is 31.2 Å². The molecule has 1 aliphatic carbocycles. The van der Waals surface area contributed by atoms with E-state index in [1.165, 1.54) is 36.6 Å². The Bertz CT molecular complexity index is 558. The van der Waals surface area contributed by atoms with Crippen molar-refractivity contribution in [1.82, 2.24) is 9.88 Å². The molecule has 0 saturated heterocycles. The van der Waals surface area contributed by atoms with E-state index in [-0.39, 0.29) is 0 Å². The Morgan fingerprint density at radius 3 is 2.75 bits per heavy atom. The number of hydrogen-bond acceptors (Lipinski definition) is 2. The molecule has 2 nitrogen and oxygen atoms in total. The zero-order valence-corrected chi connectivity index (χ0v) is 12.5. The Hall–Kier alpha value is -1.12. The van der Waals surface area contributed by atoms with E-state index in [4.69, 9.17) is 11.6 Å². The number of aromatic nitrogens is 1. The maximum Gasteiger partial charge on any atom is 0.0705 e. The number of hydrogen-bond donors (Lipinski definition) is 0. The third kappa shape index (κ3) is 2.97. The highest BCUT2D eigenvalue weighted by Crippen LogP contribution is 2.26. The first-order valence-corrected chi connectivity index (χ1v) is 8.04. The zero-order chi connectivity index (χ0) is 13.8. The van der Waals surface area contributed by atoms with E-state index < -0.39 is 0 Å². The number of para-hydroxylation sites is 1. The maximum absolute atomic E-state index is 6.01. The average Bonchev–Trinajstić information content (AvgIpc) is 3.01. The van der Waals surface area contributed by atoms with Gasteiger partial charge in [0, 0.05) is 36.6 Å². The van der Waals surface area contributed by atoms with E-state index in [0.717, 1.165) is 18.6 Å². The van der Waals surface area contributed by atoms with Gasteiger partial charge in [-0.05, 0) is 30.5 Å². The summed E-state index contributed by atoms with van der Waals surface area (Å²) < 4.78 is 0. The van der Waals surface area contributed by atoms with Crippen LogP contribution in [0.15, 0.2) is 36.5 Å². The fourth-order valence-corrected chi connectivity index (χ4v) is 3.50. The summed E-state index contributed by atoms with van der Waals surface area (Å²) in [6.45, 7) is 1.96.